The van der Waals surface area contributed by atoms with Crippen molar-refractivity contribution in [3.05, 3.63) is 59.7 Å². The van der Waals surface area contributed by atoms with Crippen molar-refractivity contribution in [1.82, 2.24) is 5.32 Å². The van der Waals surface area contributed by atoms with Crippen LogP contribution in [0.4, 0.5) is 5.69 Å². The Labute approximate surface area is 181 Å². The second-order valence-corrected chi connectivity index (χ2v) is 9.75. The molecule has 0 spiro atoms. The van der Waals surface area contributed by atoms with Crippen molar-refractivity contribution in [3.8, 4) is 5.75 Å². The van der Waals surface area contributed by atoms with Gasteiger partial charge in [-0.15, -0.1) is 0 Å². The van der Waals surface area contributed by atoms with Crippen LogP contribution in [0, 0.1) is 0 Å². The normalized spacial score (nSPS) is 24.6. The molecule has 8 nitrogen and oxygen atoms in total. The molecule has 2 aliphatic heterocycles. The number of amides is 1. The van der Waals surface area contributed by atoms with Crippen molar-refractivity contribution >= 4 is 21.6 Å². The number of carbonyl (C=O) groups is 1. The number of sulfonamides is 1. The van der Waals surface area contributed by atoms with Gasteiger partial charge >= 0.3 is 0 Å². The number of benzene rings is 2. The molecule has 2 aromatic rings. The Hall–Kier alpha value is -2.62. The molecule has 0 radical (unpaired) electrons. The molecule has 31 heavy (non-hydrogen) atoms. The maximum absolute atomic E-state index is 12.5. The molecule has 4 rings (SSSR count). The first-order valence-electron chi connectivity index (χ1n) is 10.2. The molecule has 2 aromatic carbocycles. The van der Waals surface area contributed by atoms with E-state index in [1.165, 1.54) is 0 Å². The summed E-state index contributed by atoms with van der Waals surface area (Å²) in [5.74, 6) is 0.412. The molecule has 2 aliphatic rings. The molecule has 3 N–H and O–H groups in total. The third-order valence-corrected chi connectivity index (χ3v) is 6.15. The number of hydrogen-bond acceptors (Lipinski definition) is 6. The van der Waals surface area contributed by atoms with Crippen LogP contribution in [0.25, 0.3) is 0 Å². The largest absolute Gasteiger partial charge is 0.487 e. The van der Waals surface area contributed by atoms with E-state index in [0.717, 1.165) is 17.4 Å². The molecule has 4 atom stereocenters. The molecule has 1 amide bonds. The fourth-order valence-electron chi connectivity index (χ4n) is 4.24. The molecule has 1 saturated heterocycles. The summed E-state index contributed by atoms with van der Waals surface area (Å²) >= 11 is 0. The van der Waals surface area contributed by atoms with Crippen molar-refractivity contribution in [2.24, 2.45) is 0 Å². The standard InChI is InChI=1S/C22H26N2O6S/c1-31(27,28)24-15-7-8-19-17(9-15)18-10-16(29-20(13-25)22(18)30-19)11-21(26)23-12-14-5-3-2-4-6-14/h2-9,16,18,20,22,24-25H,10-13H2,1H3,(H,23,26)/t16-,18-,20+,22+/m0/s1. The number of ether oxygens (including phenoxy) is 2. The Balaban J connectivity index is 1.45. The number of rotatable bonds is 7. The van der Waals surface area contributed by atoms with E-state index in [0.29, 0.717) is 24.4 Å². The van der Waals surface area contributed by atoms with E-state index in [1.54, 1.807) is 18.2 Å². The van der Waals surface area contributed by atoms with Gasteiger partial charge in [0.1, 0.15) is 18.0 Å². The number of anilines is 1. The lowest BCUT2D eigenvalue weighted by Crippen LogP contribution is -2.47. The summed E-state index contributed by atoms with van der Waals surface area (Å²) in [6.07, 6.45) is 0.481. The number of aliphatic hydroxyl groups is 1. The van der Waals surface area contributed by atoms with Crippen molar-refractivity contribution < 1.29 is 27.8 Å². The Bertz CT molecular complexity index is 1040. The Morgan fingerprint density at radius 3 is 2.68 bits per heavy atom. The summed E-state index contributed by atoms with van der Waals surface area (Å²) in [7, 11) is -3.40. The summed E-state index contributed by atoms with van der Waals surface area (Å²) in [4.78, 5) is 12.5. The Kier molecular flexibility index (Phi) is 6.17. The van der Waals surface area contributed by atoms with E-state index in [2.05, 4.69) is 10.0 Å². The summed E-state index contributed by atoms with van der Waals surface area (Å²) in [6, 6.07) is 14.8. The van der Waals surface area contributed by atoms with Gasteiger partial charge in [-0.2, -0.15) is 0 Å². The van der Waals surface area contributed by atoms with Gasteiger partial charge in [0, 0.05) is 23.7 Å². The maximum atomic E-state index is 12.5. The second-order valence-electron chi connectivity index (χ2n) is 8.00. The molecule has 0 bridgehead atoms. The fourth-order valence-corrected chi connectivity index (χ4v) is 4.80. The smallest absolute Gasteiger partial charge is 0.229 e. The minimum Gasteiger partial charge on any atom is -0.487 e. The van der Waals surface area contributed by atoms with Gasteiger partial charge in [-0.3, -0.25) is 9.52 Å². The van der Waals surface area contributed by atoms with Gasteiger partial charge in [-0.05, 0) is 30.2 Å². The van der Waals surface area contributed by atoms with Crippen molar-refractivity contribution in [2.75, 3.05) is 17.6 Å². The molecule has 0 aromatic heterocycles. The van der Waals surface area contributed by atoms with E-state index in [-0.39, 0.29) is 37.1 Å². The highest BCUT2D eigenvalue weighted by atomic mass is 32.2. The summed E-state index contributed by atoms with van der Waals surface area (Å²) in [5.41, 5.74) is 2.32. The molecule has 0 unspecified atom stereocenters. The average molecular weight is 447 g/mol. The molecule has 0 saturated carbocycles. The lowest BCUT2D eigenvalue weighted by Gasteiger charge is -2.37. The van der Waals surface area contributed by atoms with Gasteiger partial charge in [0.05, 0.1) is 25.4 Å². The number of aliphatic hydroxyl groups excluding tert-OH is 1. The van der Waals surface area contributed by atoms with Gasteiger partial charge in [0.15, 0.2) is 0 Å². The zero-order valence-corrected chi connectivity index (χ0v) is 18.0. The summed E-state index contributed by atoms with van der Waals surface area (Å²) < 4.78 is 37.6. The van der Waals surface area contributed by atoms with Crippen LogP contribution in [0.3, 0.4) is 0 Å². The molecular weight excluding hydrogens is 420 g/mol. The Morgan fingerprint density at radius 1 is 1.19 bits per heavy atom. The van der Waals surface area contributed by atoms with Crippen LogP contribution in [-0.2, 0) is 26.1 Å². The van der Waals surface area contributed by atoms with Crippen LogP contribution < -0.4 is 14.8 Å². The summed E-state index contributed by atoms with van der Waals surface area (Å²) in [5, 5.41) is 12.7. The highest BCUT2D eigenvalue weighted by Crippen LogP contribution is 2.47. The van der Waals surface area contributed by atoms with Gasteiger partial charge in [-0.1, -0.05) is 30.3 Å². The molecule has 1 fully saturated rings. The number of hydrogen-bond donors (Lipinski definition) is 3. The predicted octanol–water partition coefficient (Wildman–Crippen LogP) is 1.76. The van der Waals surface area contributed by atoms with Crippen LogP contribution in [0.5, 0.6) is 5.75 Å². The van der Waals surface area contributed by atoms with Crippen molar-refractivity contribution in [1.29, 1.82) is 0 Å². The number of carbonyl (C=O) groups excluding carboxylic acids is 1. The first-order valence-corrected chi connectivity index (χ1v) is 12.1. The number of nitrogens with one attached hydrogen (secondary N) is 2. The minimum atomic E-state index is -3.40. The quantitative estimate of drug-likeness (QED) is 0.597. The highest BCUT2D eigenvalue weighted by molar-refractivity contribution is 7.92. The number of fused-ring (bicyclic) bond motifs is 3. The predicted molar refractivity (Wildman–Crippen MR) is 115 cm³/mol. The molecular formula is C22H26N2O6S. The molecule has 166 valence electrons. The third kappa shape index (κ3) is 5.17. The van der Waals surface area contributed by atoms with Gasteiger partial charge < -0.3 is 19.9 Å². The van der Waals surface area contributed by atoms with Gasteiger partial charge in [0.25, 0.3) is 0 Å². The zero-order chi connectivity index (χ0) is 22.0. The molecule has 9 heteroatoms. The van der Waals surface area contributed by atoms with Crippen molar-refractivity contribution in [2.45, 2.75) is 43.6 Å². The summed E-state index contributed by atoms with van der Waals surface area (Å²) in [6.45, 7) is 0.208. The van der Waals surface area contributed by atoms with Crippen LogP contribution in [0.2, 0.25) is 0 Å². The molecule has 2 heterocycles. The van der Waals surface area contributed by atoms with E-state index >= 15 is 0 Å². The van der Waals surface area contributed by atoms with Gasteiger partial charge in [-0.25, -0.2) is 8.42 Å². The van der Waals surface area contributed by atoms with E-state index in [1.807, 2.05) is 30.3 Å². The van der Waals surface area contributed by atoms with Gasteiger partial charge in [0.2, 0.25) is 15.9 Å². The lowest BCUT2D eigenvalue weighted by atomic mass is 9.84. The van der Waals surface area contributed by atoms with E-state index in [9.17, 15) is 18.3 Å². The van der Waals surface area contributed by atoms with Crippen molar-refractivity contribution in [3.63, 3.8) is 0 Å². The van der Waals surface area contributed by atoms with E-state index in [4.69, 9.17) is 9.47 Å². The van der Waals surface area contributed by atoms with E-state index < -0.39 is 16.1 Å². The first kappa shape index (κ1) is 21.6. The SMILES string of the molecule is CS(=O)(=O)Nc1ccc2c(c1)[C@@H]1C[C@@H](CC(=O)NCc3ccccc3)O[C@H](CO)[C@@H]1O2. The van der Waals surface area contributed by atoms with Crippen LogP contribution in [-0.4, -0.2) is 50.6 Å². The van der Waals surface area contributed by atoms with Crippen LogP contribution >= 0.6 is 0 Å². The Morgan fingerprint density at radius 2 is 1.97 bits per heavy atom. The van der Waals surface area contributed by atoms with Crippen LogP contribution in [0.15, 0.2) is 48.5 Å². The fraction of sp³-hybridized carbons (Fsp3) is 0.409. The topological polar surface area (TPSA) is 114 Å². The lowest BCUT2D eigenvalue weighted by molar-refractivity contribution is -0.142. The van der Waals surface area contributed by atoms with Crippen LogP contribution in [0.1, 0.15) is 29.9 Å². The monoisotopic (exact) mass is 446 g/mol. The first-order chi connectivity index (χ1) is 14.8. The maximum Gasteiger partial charge on any atom is 0.229 e. The third-order valence-electron chi connectivity index (χ3n) is 5.55. The zero-order valence-electron chi connectivity index (χ0n) is 17.2. The average Bonchev–Trinajstić information content (AvgIpc) is 3.09. The highest BCUT2D eigenvalue weighted by Gasteiger charge is 2.46. The molecule has 0 aliphatic carbocycles. The second kappa shape index (κ2) is 8.86. The minimum absolute atomic E-state index is 0.103.